The first-order chi connectivity index (χ1) is 11.7. The van der Waals surface area contributed by atoms with E-state index in [2.05, 4.69) is 5.32 Å². The molecule has 0 radical (unpaired) electrons. The Kier molecular flexibility index (Phi) is 5.11. The van der Waals surface area contributed by atoms with Gasteiger partial charge in [-0.25, -0.2) is 4.39 Å². The van der Waals surface area contributed by atoms with Crippen LogP contribution < -0.4 is 5.32 Å². The Labute approximate surface area is 145 Å². The summed E-state index contributed by atoms with van der Waals surface area (Å²) in [5.74, 6) is -0.293. The van der Waals surface area contributed by atoms with E-state index >= 15 is 0 Å². The van der Waals surface area contributed by atoms with Crippen LogP contribution in [0.25, 0.3) is 10.8 Å². The minimum absolute atomic E-state index is 0.0896. The lowest BCUT2D eigenvalue weighted by Gasteiger charge is -2.09. The molecule has 1 N–H and O–H groups in total. The van der Waals surface area contributed by atoms with Crippen molar-refractivity contribution in [2.75, 3.05) is 0 Å². The molecule has 0 aliphatic rings. The molecule has 0 saturated heterocycles. The van der Waals surface area contributed by atoms with E-state index in [4.69, 9.17) is 11.6 Å². The molecule has 0 aliphatic heterocycles. The maximum Gasteiger partial charge on any atom is 0.224 e. The molecular formula is C20H17ClFNO. The maximum absolute atomic E-state index is 13.7. The normalized spacial score (nSPS) is 10.8. The summed E-state index contributed by atoms with van der Waals surface area (Å²) in [5.41, 5.74) is 2.16. The van der Waals surface area contributed by atoms with Gasteiger partial charge in [0.1, 0.15) is 5.82 Å². The molecule has 0 aromatic heterocycles. The van der Waals surface area contributed by atoms with Crippen molar-refractivity contribution in [1.29, 1.82) is 0 Å². The summed E-state index contributed by atoms with van der Waals surface area (Å²) < 4.78 is 13.7. The van der Waals surface area contributed by atoms with E-state index in [0.29, 0.717) is 24.1 Å². The molecule has 24 heavy (non-hydrogen) atoms. The molecule has 0 heterocycles. The van der Waals surface area contributed by atoms with Crippen LogP contribution in [-0.2, 0) is 23.6 Å². The van der Waals surface area contributed by atoms with Gasteiger partial charge in [-0.05, 0) is 28.0 Å². The largest absolute Gasteiger partial charge is 0.352 e. The van der Waals surface area contributed by atoms with Crippen LogP contribution in [0.1, 0.15) is 16.7 Å². The fraction of sp³-hybridized carbons (Fsp3) is 0.150. The van der Waals surface area contributed by atoms with Crippen molar-refractivity contribution < 1.29 is 9.18 Å². The molecule has 0 atom stereocenters. The molecule has 4 heteroatoms. The van der Waals surface area contributed by atoms with Crippen LogP contribution in [0.2, 0.25) is 0 Å². The Morgan fingerprint density at radius 2 is 1.79 bits per heavy atom. The number of hydrogen-bond donors (Lipinski definition) is 1. The van der Waals surface area contributed by atoms with Gasteiger partial charge in [0.25, 0.3) is 0 Å². The first-order valence-electron chi connectivity index (χ1n) is 7.74. The van der Waals surface area contributed by atoms with Crippen LogP contribution in [0.3, 0.4) is 0 Å². The Morgan fingerprint density at radius 1 is 1.00 bits per heavy atom. The lowest BCUT2D eigenvalue weighted by molar-refractivity contribution is -0.120. The van der Waals surface area contributed by atoms with Gasteiger partial charge in [0.2, 0.25) is 5.91 Å². The average molecular weight is 342 g/mol. The van der Waals surface area contributed by atoms with Crippen molar-refractivity contribution >= 4 is 28.3 Å². The summed E-state index contributed by atoms with van der Waals surface area (Å²) in [5, 5.41) is 5.03. The highest BCUT2D eigenvalue weighted by Crippen LogP contribution is 2.19. The molecule has 2 nitrogen and oxygen atoms in total. The molecule has 0 spiro atoms. The molecule has 0 unspecified atom stereocenters. The van der Waals surface area contributed by atoms with Gasteiger partial charge in [-0.1, -0.05) is 54.6 Å². The van der Waals surface area contributed by atoms with Gasteiger partial charge in [-0.3, -0.25) is 4.79 Å². The number of fused-ring (bicyclic) bond motifs is 1. The second-order valence-electron chi connectivity index (χ2n) is 5.65. The van der Waals surface area contributed by atoms with Crippen LogP contribution in [0.15, 0.2) is 60.7 Å². The van der Waals surface area contributed by atoms with Gasteiger partial charge in [-0.2, -0.15) is 0 Å². The van der Waals surface area contributed by atoms with E-state index in [-0.39, 0.29) is 17.6 Å². The monoisotopic (exact) mass is 341 g/mol. The van der Waals surface area contributed by atoms with Crippen molar-refractivity contribution in [3.63, 3.8) is 0 Å². The van der Waals surface area contributed by atoms with Crippen LogP contribution in [-0.4, -0.2) is 5.91 Å². The quantitative estimate of drug-likeness (QED) is 0.676. The van der Waals surface area contributed by atoms with Crippen LogP contribution in [0.4, 0.5) is 4.39 Å². The third-order valence-corrected chi connectivity index (χ3v) is 4.27. The van der Waals surface area contributed by atoms with Gasteiger partial charge in [-0.15, -0.1) is 11.6 Å². The summed E-state index contributed by atoms with van der Waals surface area (Å²) in [7, 11) is 0. The Balaban J connectivity index is 1.66. The van der Waals surface area contributed by atoms with Gasteiger partial charge in [0.05, 0.1) is 12.3 Å². The summed E-state index contributed by atoms with van der Waals surface area (Å²) in [6.07, 6.45) is 0.295. The van der Waals surface area contributed by atoms with E-state index in [1.54, 1.807) is 12.1 Å². The topological polar surface area (TPSA) is 29.1 Å². The van der Waals surface area contributed by atoms with Gasteiger partial charge in [0, 0.05) is 12.1 Å². The van der Waals surface area contributed by atoms with Gasteiger partial charge >= 0.3 is 0 Å². The summed E-state index contributed by atoms with van der Waals surface area (Å²) in [6, 6.07) is 18.7. The molecule has 0 saturated carbocycles. The van der Waals surface area contributed by atoms with E-state index in [9.17, 15) is 9.18 Å². The molecule has 122 valence electrons. The number of rotatable bonds is 5. The Morgan fingerprint density at radius 3 is 2.58 bits per heavy atom. The SMILES string of the molecule is O=C(Cc1cccc2ccccc12)NCc1ccc(CCl)c(F)c1. The molecule has 1 amide bonds. The molecule has 3 aromatic rings. The van der Waals surface area contributed by atoms with Crippen LogP contribution >= 0.6 is 11.6 Å². The highest BCUT2D eigenvalue weighted by Gasteiger charge is 2.08. The van der Waals surface area contributed by atoms with E-state index < -0.39 is 0 Å². The van der Waals surface area contributed by atoms with Crippen molar-refractivity contribution in [3.05, 3.63) is 83.2 Å². The second-order valence-corrected chi connectivity index (χ2v) is 5.92. The highest BCUT2D eigenvalue weighted by molar-refractivity contribution is 6.17. The fourth-order valence-corrected chi connectivity index (χ4v) is 2.91. The molecule has 3 aromatic carbocycles. The molecule has 0 aliphatic carbocycles. The number of hydrogen-bond acceptors (Lipinski definition) is 1. The lowest BCUT2D eigenvalue weighted by atomic mass is 10.0. The number of alkyl halides is 1. The highest BCUT2D eigenvalue weighted by atomic mass is 35.5. The van der Waals surface area contributed by atoms with Crippen molar-refractivity contribution in [2.24, 2.45) is 0 Å². The Bertz CT molecular complexity index is 873. The van der Waals surface area contributed by atoms with E-state index in [1.807, 2.05) is 42.5 Å². The number of benzene rings is 3. The lowest BCUT2D eigenvalue weighted by Crippen LogP contribution is -2.24. The zero-order valence-corrected chi connectivity index (χ0v) is 13.8. The van der Waals surface area contributed by atoms with Crippen molar-refractivity contribution in [3.8, 4) is 0 Å². The zero-order chi connectivity index (χ0) is 16.9. The van der Waals surface area contributed by atoms with Gasteiger partial charge < -0.3 is 5.32 Å². The average Bonchev–Trinajstić information content (AvgIpc) is 2.60. The standard InChI is InChI=1S/C20H17ClFNO/c21-12-17-9-8-14(10-19(17)22)13-23-20(24)11-16-6-3-5-15-4-1-2-7-18(15)16/h1-10H,11-13H2,(H,23,24). The van der Waals surface area contributed by atoms with Crippen molar-refractivity contribution in [1.82, 2.24) is 5.32 Å². The summed E-state index contributed by atoms with van der Waals surface area (Å²) in [6.45, 7) is 0.295. The number of halogens is 2. The second kappa shape index (κ2) is 7.45. The minimum atomic E-state index is -0.342. The van der Waals surface area contributed by atoms with Crippen LogP contribution in [0, 0.1) is 5.82 Å². The van der Waals surface area contributed by atoms with Crippen molar-refractivity contribution in [2.45, 2.75) is 18.8 Å². The third-order valence-electron chi connectivity index (χ3n) is 3.98. The molecule has 3 rings (SSSR count). The third kappa shape index (κ3) is 3.74. The summed E-state index contributed by atoms with van der Waals surface area (Å²) in [4.78, 5) is 12.2. The molecular weight excluding hydrogens is 325 g/mol. The number of carbonyl (C=O) groups is 1. The smallest absolute Gasteiger partial charge is 0.224 e. The first-order valence-corrected chi connectivity index (χ1v) is 8.27. The van der Waals surface area contributed by atoms with E-state index in [0.717, 1.165) is 16.3 Å². The fourth-order valence-electron chi connectivity index (χ4n) is 2.69. The minimum Gasteiger partial charge on any atom is -0.352 e. The Hall–Kier alpha value is -2.39. The predicted molar refractivity (Wildman–Crippen MR) is 95.5 cm³/mol. The molecule has 0 bridgehead atoms. The van der Waals surface area contributed by atoms with Crippen LogP contribution in [0.5, 0.6) is 0 Å². The first kappa shape index (κ1) is 16.5. The number of carbonyl (C=O) groups excluding carboxylic acids is 1. The zero-order valence-electron chi connectivity index (χ0n) is 13.1. The maximum atomic E-state index is 13.7. The summed E-state index contributed by atoms with van der Waals surface area (Å²) >= 11 is 5.64. The van der Waals surface area contributed by atoms with E-state index in [1.165, 1.54) is 6.07 Å². The molecule has 0 fully saturated rings. The number of amides is 1. The predicted octanol–water partition coefficient (Wildman–Crippen LogP) is 4.58. The number of nitrogens with one attached hydrogen (secondary N) is 1. The van der Waals surface area contributed by atoms with Gasteiger partial charge in [0.15, 0.2) is 0 Å².